The highest BCUT2D eigenvalue weighted by Crippen LogP contribution is 2.39. The second kappa shape index (κ2) is 14.1. The molecule has 0 aliphatic carbocycles. The van der Waals surface area contributed by atoms with Gasteiger partial charge in [-0.3, -0.25) is 9.59 Å². The van der Waals surface area contributed by atoms with E-state index in [2.05, 4.69) is 10.6 Å². The Kier molecular flexibility index (Phi) is 9.47. The number of unbranched alkanes of at least 4 members (excludes halogenated alkanes) is 1. The van der Waals surface area contributed by atoms with Crippen LogP contribution >= 0.6 is 0 Å². The Morgan fingerprint density at radius 1 is 1.06 bits per heavy atom. The van der Waals surface area contributed by atoms with Crippen LogP contribution in [0.4, 0.5) is 15.3 Å². The van der Waals surface area contributed by atoms with E-state index < -0.39 is 24.3 Å². The van der Waals surface area contributed by atoms with E-state index in [9.17, 15) is 24.0 Å². The molecule has 3 amide bonds. The number of rotatable bonds is 11. The highest BCUT2D eigenvalue weighted by atomic mass is 16.7. The number of anilines is 1. The molecule has 49 heavy (non-hydrogen) atoms. The van der Waals surface area contributed by atoms with Crippen LogP contribution in [0.15, 0.2) is 53.3 Å². The number of esters is 1. The van der Waals surface area contributed by atoms with Crippen LogP contribution in [0.1, 0.15) is 60.1 Å². The van der Waals surface area contributed by atoms with Crippen molar-refractivity contribution >= 4 is 40.7 Å². The summed E-state index contributed by atoms with van der Waals surface area (Å²) in [5.74, 6) is -0.296. The molecule has 4 N–H and O–H groups in total. The Morgan fingerprint density at radius 3 is 2.59 bits per heavy atom. The first-order chi connectivity index (χ1) is 23.7. The van der Waals surface area contributed by atoms with Gasteiger partial charge in [-0.25, -0.2) is 19.4 Å². The van der Waals surface area contributed by atoms with Crippen molar-refractivity contribution in [3.8, 4) is 17.1 Å². The zero-order valence-electron chi connectivity index (χ0n) is 27.0. The summed E-state index contributed by atoms with van der Waals surface area (Å²) in [6, 6.07) is 13.4. The Bertz CT molecular complexity index is 2020. The molecular formula is C35H35N5O9. The molecule has 2 aromatic carbocycles. The Balaban J connectivity index is 1.13. The predicted molar refractivity (Wildman–Crippen MR) is 177 cm³/mol. The second-order valence-corrected chi connectivity index (χ2v) is 11.6. The van der Waals surface area contributed by atoms with E-state index in [1.165, 1.54) is 0 Å². The van der Waals surface area contributed by atoms with Gasteiger partial charge in [0.05, 0.1) is 36.1 Å². The summed E-state index contributed by atoms with van der Waals surface area (Å²) in [6.07, 6.45) is -0.455. The minimum atomic E-state index is -1.50. The molecule has 0 spiro atoms. The number of nitrogens with two attached hydrogens (primary N) is 1. The number of aryl methyl sites for hydroxylation is 1. The molecule has 2 aromatic heterocycles. The highest BCUT2D eigenvalue weighted by Gasteiger charge is 2.38. The van der Waals surface area contributed by atoms with Gasteiger partial charge in [-0.1, -0.05) is 19.1 Å². The van der Waals surface area contributed by atoms with Crippen LogP contribution in [0.25, 0.3) is 22.3 Å². The van der Waals surface area contributed by atoms with Crippen molar-refractivity contribution in [1.82, 2.24) is 14.9 Å². The van der Waals surface area contributed by atoms with E-state index in [0.29, 0.717) is 60.7 Å². The maximum Gasteiger partial charge on any atom is 0.509 e. The smallest absolute Gasteiger partial charge is 0.497 e. The third-order valence-corrected chi connectivity index (χ3v) is 8.55. The third kappa shape index (κ3) is 6.89. The van der Waals surface area contributed by atoms with Crippen molar-refractivity contribution < 1.29 is 38.1 Å². The average molecular weight is 670 g/mol. The van der Waals surface area contributed by atoms with Gasteiger partial charge in [0.15, 0.2) is 0 Å². The van der Waals surface area contributed by atoms with Crippen molar-refractivity contribution in [3.05, 3.63) is 86.7 Å². The molecule has 2 aliphatic rings. The summed E-state index contributed by atoms with van der Waals surface area (Å²) in [6.45, 7) is 2.32. The van der Waals surface area contributed by atoms with Crippen LogP contribution in [0.2, 0.25) is 0 Å². The molecule has 1 atom stereocenters. The van der Waals surface area contributed by atoms with Gasteiger partial charge in [-0.2, -0.15) is 0 Å². The number of nitrogens with zero attached hydrogens (tertiary/aromatic N) is 2. The number of carbonyl (C=O) groups excluding carboxylic acids is 4. The number of fused-ring (bicyclic) bond motifs is 5. The molecule has 0 radical (unpaired) electrons. The van der Waals surface area contributed by atoms with Crippen LogP contribution in [0, 0.1) is 0 Å². The van der Waals surface area contributed by atoms with E-state index in [-0.39, 0.29) is 42.2 Å². The van der Waals surface area contributed by atoms with Gasteiger partial charge in [0, 0.05) is 35.2 Å². The summed E-state index contributed by atoms with van der Waals surface area (Å²) in [4.78, 5) is 67.1. The number of ether oxygens (including phenoxy) is 4. The summed E-state index contributed by atoms with van der Waals surface area (Å²) in [7, 11) is 1.60. The molecule has 0 saturated heterocycles. The Morgan fingerprint density at radius 2 is 1.86 bits per heavy atom. The molecule has 4 aromatic rings. The zero-order valence-corrected chi connectivity index (χ0v) is 27.0. The van der Waals surface area contributed by atoms with E-state index >= 15 is 0 Å². The van der Waals surface area contributed by atoms with E-state index in [0.717, 1.165) is 22.0 Å². The number of benzene rings is 2. The normalized spacial score (nSPS) is 14.2. The fourth-order valence-electron chi connectivity index (χ4n) is 6.12. The molecule has 0 bridgehead atoms. The first-order valence-corrected chi connectivity index (χ1v) is 15.9. The average Bonchev–Trinajstić information content (AvgIpc) is 3.46. The number of carbonyl (C=O) groups is 4. The molecule has 14 nitrogen and oxygen atoms in total. The fourth-order valence-corrected chi connectivity index (χ4v) is 6.12. The van der Waals surface area contributed by atoms with Gasteiger partial charge >= 0.3 is 18.2 Å². The van der Waals surface area contributed by atoms with Crippen LogP contribution in [0.3, 0.4) is 0 Å². The van der Waals surface area contributed by atoms with E-state index in [1.54, 1.807) is 42.0 Å². The number of primary amides is 1. The van der Waals surface area contributed by atoms with Crippen molar-refractivity contribution in [2.24, 2.45) is 5.73 Å². The topological polar surface area (TPSA) is 190 Å². The Labute approximate surface area is 280 Å². The minimum Gasteiger partial charge on any atom is -0.497 e. The fraction of sp³-hybridized carbons (Fsp3) is 0.314. The number of aromatic nitrogens is 2. The summed E-state index contributed by atoms with van der Waals surface area (Å²) >= 11 is 0. The minimum absolute atomic E-state index is 0.170. The molecule has 4 heterocycles. The molecule has 2 aliphatic heterocycles. The van der Waals surface area contributed by atoms with Gasteiger partial charge in [-0.15, -0.1) is 0 Å². The van der Waals surface area contributed by atoms with Crippen molar-refractivity contribution in [2.45, 2.75) is 58.5 Å². The number of cyclic esters (lactones) is 1. The molecular weight excluding hydrogens is 634 g/mol. The van der Waals surface area contributed by atoms with E-state index in [4.69, 9.17) is 29.7 Å². The van der Waals surface area contributed by atoms with Gasteiger partial charge in [0.2, 0.25) is 12.0 Å². The molecule has 0 fully saturated rings. The number of methoxy groups -OCH3 is 1. The molecule has 1 unspecified atom stereocenters. The highest BCUT2D eigenvalue weighted by molar-refractivity contribution is 5.91. The van der Waals surface area contributed by atoms with Gasteiger partial charge in [-0.05, 0) is 66.8 Å². The SMILES string of the molecule is CCc1c2c(nc3ccc(OC)cc13)-c1cc3c(c(=O)n1C2)COC(=O)C3OC(=O)OCc1ccc(NC(=O)CCCCNC(N)=O)cc1. The standard InChI is InChI=1S/C35H35N5O9/c1-3-22-23-14-21(46-2)11-12-27(23)39-30-25(22)16-40-28(30)15-24-26(32(40)42)18-47-33(43)31(24)49-35(45)48-17-19-7-9-20(10-8-19)38-29(41)6-4-5-13-37-34(36)44/h7-12,14-15,31H,3-6,13,16-18H2,1-2H3,(H,38,41)(H3,36,37,44). The quantitative estimate of drug-likeness (QED) is 0.136. The maximum atomic E-state index is 13.7. The van der Waals surface area contributed by atoms with Crippen molar-refractivity contribution in [1.29, 1.82) is 0 Å². The van der Waals surface area contributed by atoms with Gasteiger partial charge in [0.25, 0.3) is 5.56 Å². The predicted octanol–water partition coefficient (Wildman–Crippen LogP) is 4.22. The van der Waals surface area contributed by atoms with E-state index in [1.807, 2.05) is 25.1 Å². The first-order valence-electron chi connectivity index (χ1n) is 15.9. The lowest BCUT2D eigenvalue weighted by Gasteiger charge is -2.24. The lowest BCUT2D eigenvalue weighted by atomic mass is 9.97. The number of hydrogen-bond acceptors (Lipinski definition) is 10. The zero-order chi connectivity index (χ0) is 34.7. The van der Waals surface area contributed by atoms with Crippen LogP contribution < -0.4 is 26.7 Å². The number of pyridine rings is 2. The van der Waals surface area contributed by atoms with Crippen LogP contribution in [-0.2, 0) is 50.0 Å². The number of hydrogen-bond donors (Lipinski definition) is 3. The molecule has 14 heteroatoms. The maximum absolute atomic E-state index is 13.7. The third-order valence-electron chi connectivity index (χ3n) is 8.55. The van der Waals surface area contributed by atoms with Crippen molar-refractivity contribution in [2.75, 3.05) is 19.0 Å². The summed E-state index contributed by atoms with van der Waals surface area (Å²) in [5.41, 5.74) is 10.1. The largest absolute Gasteiger partial charge is 0.509 e. The molecule has 6 rings (SSSR count). The van der Waals surface area contributed by atoms with Gasteiger partial charge < -0.3 is 39.9 Å². The van der Waals surface area contributed by atoms with Crippen LogP contribution in [-0.4, -0.2) is 47.3 Å². The number of amides is 3. The lowest BCUT2D eigenvalue weighted by molar-refractivity contribution is -0.159. The first kappa shape index (κ1) is 33.0. The summed E-state index contributed by atoms with van der Waals surface area (Å²) < 4.78 is 23.0. The summed E-state index contributed by atoms with van der Waals surface area (Å²) in [5, 5.41) is 6.19. The van der Waals surface area contributed by atoms with Crippen LogP contribution in [0.5, 0.6) is 5.75 Å². The molecule has 0 saturated carbocycles. The Hall–Kier alpha value is -5.92. The number of urea groups is 1. The van der Waals surface area contributed by atoms with Crippen molar-refractivity contribution in [3.63, 3.8) is 0 Å². The second-order valence-electron chi connectivity index (χ2n) is 11.6. The monoisotopic (exact) mass is 669 g/mol. The van der Waals surface area contributed by atoms with Gasteiger partial charge in [0.1, 0.15) is 19.0 Å². The number of nitrogens with one attached hydrogen (secondary N) is 2. The molecule has 254 valence electrons. The lowest BCUT2D eigenvalue weighted by Crippen LogP contribution is -2.34.